The van der Waals surface area contributed by atoms with E-state index in [4.69, 9.17) is 0 Å². The van der Waals surface area contributed by atoms with E-state index >= 15 is 0 Å². The Morgan fingerprint density at radius 3 is 2.24 bits per heavy atom. The monoisotopic (exact) mass is 390 g/mol. The summed E-state index contributed by atoms with van der Waals surface area (Å²) in [6, 6.07) is 18.3. The molecule has 4 rings (SSSR count). The Morgan fingerprint density at radius 1 is 0.828 bits per heavy atom. The van der Waals surface area contributed by atoms with Gasteiger partial charge in [0, 0.05) is 31.7 Å². The summed E-state index contributed by atoms with van der Waals surface area (Å²) in [4.78, 5) is 30.0. The molecular weight excluding hydrogens is 360 g/mol. The number of aryl methyl sites for hydroxylation is 1. The molecule has 0 aliphatic carbocycles. The Balaban J connectivity index is 1.36. The summed E-state index contributed by atoms with van der Waals surface area (Å²) >= 11 is 0. The molecule has 2 fully saturated rings. The average Bonchev–Trinajstić information content (AvgIpc) is 2.79. The van der Waals surface area contributed by atoms with Crippen LogP contribution in [0, 0.1) is 12.8 Å². The van der Waals surface area contributed by atoms with Gasteiger partial charge in [-0.2, -0.15) is 0 Å². The van der Waals surface area contributed by atoms with Crippen LogP contribution in [0.15, 0.2) is 54.6 Å². The van der Waals surface area contributed by atoms with Crippen molar-refractivity contribution >= 4 is 11.8 Å². The van der Waals surface area contributed by atoms with Crippen molar-refractivity contribution in [2.75, 3.05) is 26.2 Å². The van der Waals surface area contributed by atoms with Gasteiger partial charge in [-0.25, -0.2) is 0 Å². The molecule has 0 aromatic heterocycles. The summed E-state index contributed by atoms with van der Waals surface area (Å²) < 4.78 is 0. The lowest BCUT2D eigenvalue weighted by molar-refractivity contribution is -0.138. The van der Waals surface area contributed by atoms with Crippen molar-refractivity contribution in [2.24, 2.45) is 5.92 Å². The molecule has 2 aliphatic heterocycles. The minimum Gasteiger partial charge on any atom is -0.342 e. The zero-order valence-corrected chi connectivity index (χ0v) is 17.2. The predicted octanol–water partition coefficient (Wildman–Crippen LogP) is 4.25. The maximum Gasteiger partial charge on any atom is 0.254 e. The number of piperidine rings is 2. The van der Waals surface area contributed by atoms with Crippen LogP contribution in [0.2, 0.25) is 0 Å². The third kappa shape index (κ3) is 4.36. The van der Waals surface area contributed by atoms with Crippen LogP contribution in [-0.4, -0.2) is 47.8 Å². The largest absolute Gasteiger partial charge is 0.342 e. The molecule has 4 nitrogen and oxygen atoms in total. The highest BCUT2D eigenvalue weighted by Crippen LogP contribution is 2.29. The van der Waals surface area contributed by atoms with Crippen molar-refractivity contribution in [3.8, 4) is 0 Å². The van der Waals surface area contributed by atoms with Crippen LogP contribution in [0.5, 0.6) is 0 Å². The highest BCUT2D eigenvalue weighted by molar-refractivity contribution is 5.96. The summed E-state index contributed by atoms with van der Waals surface area (Å²) in [6.07, 6.45) is 3.83. The maximum absolute atomic E-state index is 13.2. The van der Waals surface area contributed by atoms with Crippen LogP contribution in [0.25, 0.3) is 0 Å². The fraction of sp³-hybridized carbons (Fsp3) is 0.440. The zero-order valence-electron chi connectivity index (χ0n) is 17.2. The molecule has 2 heterocycles. The summed E-state index contributed by atoms with van der Waals surface area (Å²) in [5, 5.41) is 0. The summed E-state index contributed by atoms with van der Waals surface area (Å²) in [7, 11) is 0. The SMILES string of the molecule is Cc1ccccc1C(=O)N1CCCC(C(=O)N2CCC(c3ccccc3)CC2)C1. The number of carbonyl (C=O) groups is 2. The van der Waals surface area contributed by atoms with Crippen molar-refractivity contribution in [3.63, 3.8) is 0 Å². The number of hydrogen-bond acceptors (Lipinski definition) is 2. The van der Waals surface area contributed by atoms with E-state index in [9.17, 15) is 9.59 Å². The highest BCUT2D eigenvalue weighted by atomic mass is 16.2. The Labute approximate surface area is 173 Å². The molecule has 0 radical (unpaired) electrons. The second-order valence-corrected chi connectivity index (χ2v) is 8.42. The predicted molar refractivity (Wildman–Crippen MR) is 115 cm³/mol. The van der Waals surface area contributed by atoms with Gasteiger partial charge in [-0.15, -0.1) is 0 Å². The number of nitrogens with zero attached hydrogens (tertiary/aromatic N) is 2. The van der Waals surface area contributed by atoms with E-state index < -0.39 is 0 Å². The Bertz CT molecular complexity index is 856. The molecule has 0 N–H and O–H groups in total. The van der Waals surface area contributed by atoms with Crippen LogP contribution in [-0.2, 0) is 4.79 Å². The highest BCUT2D eigenvalue weighted by Gasteiger charge is 2.33. The standard InChI is InChI=1S/C25H30N2O2/c1-19-8-5-6-12-23(19)25(29)27-15-7-11-22(18-27)24(28)26-16-13-21(14-17-26)20-9-3-2-4-10-20/h2-6,8-10,12,21-22H,7,11,13-18H2,1H3. The van der Waals surface area contributed by atoms with E-state index in [0.29, 0.717) is 12.5 Å². The number of rotatable bonds is 3. The molecule has 2 aromatic carbocycles. The third-order valence-corrected chi connectivity index (χ3v) is 6.51. The van der Waals surface area contributed by atoms with Gasteiger partial charge in [-0.05, 0) is 55.7 Å². The molecule has 0 spiro atoms. The minimum absolute atomic E-state index is 0.0587. The molecule has 152 valence electrons. The molecule has 2 saturated heterocycles. The summed E-state index contributed by atoms with van der Waals surface area (Å²) in [6.45, 7) is 4.90. The number of hydrogen-bond donors (Lipinski definition) is 0. The second kappa shape index (κ2) is 8.81. The molecular formula is C25H30N2O2. The number of likely N-dealkylation sites (tertiary alicyclic amines) is 2. The lowest BCUT2D eigenvalue weighted by atomic mass is 9.88. The van der Waals surface area contributed by atoms with E-state index in [1.807, 2.05) is 41.0 Å². The molecule has 1 atom stereocenters. The van der Waals surface area contributed by atoms with Gasteiger partial charge in [0.15, 0.2) is 0 Å². The quantitative estimate of drug-likeness (QED) is 0.786. The second-order valence-electron chi connectivity index (χ2n) is 8.42. The lowest BCUT2D eigenvalue weighted by Gasteiger charge is -2.38. The van der Waals surface area contributed by atoms with E-state index in [0.717, 1.165) is 56.4 Å². The van der Waals surface area contributed by atoms with Gasteiger partial charge in [0.05, 0.1) is 5.92 Å². The van der Waals surface area contributed by atoms with E-state index in [2.05, 4.69) is 30.3 Å². The summed E-state index contributed by atoms with van der Waals surface area (Å²) in [5.74, 6) is 0.776. The van der Waals surface area contributed by atoms with Crippen LogP contribution >= 0.6 is 0 Å². The van der Waals surface area contributed by atoms with Crippen molar-refractivity contribution in [1.82, 2.24) is 9.80 Å². The molecule has 2 aliphatic rings. The fourth-order valence-corrected chi connectivity index (χ4v) is 4.76. The van der Waals surface area contributed by atoms with Crippen LogP contribution in [0.4, 0.5) is 0 Å². The maximum atomic E-state index is 13.2. The molecule has 4 heteroatoms. The zero-order chi connectivity index (χ0) is 20.2. The van der Waals surface area contributed by atoms with Gasteiger partial charge in [-0.3, -0.25) is 9.59 Å². The van der Waals surface area contributed by atoms with Crippen LogP contribution < -0.4 is 0 Å². The lowest BCUT2D eigenvalue weighted by Crippen LogP contribution is -2.48. The van der Waals surface area contributed by atoms with Crippen LogP contribution in [0.1, 0.15) is 53.1 Å². The van der Waals surface area contributed by atoms with Crippen LogP contribution in [0.3, 0.4) is 0 Å². The number of benzene rings is 2. The van der Waals surface area contributed by atoms with Gasteiger partial charge < -0.3 is 9.80 Å². The van der Waals surface area contributed by atoms with Crippen molar-refractivity contribution in [2.45, 2.75) is 38.5 Å². The number of carbonyl (C=O) groups excluding carboxylic acids is 2. The molecule has 0 saturated carbocycles. The topological polar surface area (TPSA) is 40.6 Å². The molecule has 0 bridgehead atoms. The van der Waals surface area contributed by atoms with E-state index in [-0.39, 0.29) is 17.7 Å². The van der Waals surface area contributed by atoms with Gasteiger partial charge in [0.1, 0.15) is 0 Å². The number of amides is 2. The van der Waals surface area contributed by atoms with Crippen molar-refractivity contribution < 1.29 is 9.59 Å². The Morgan fingerprint density at radius 2 is 1.52 bits per heavy atom. The van der Waals surface area contributed by atoms with Crippen molar-refractivity contribution in [3.05, 3.63) is 71.3 Å². The minimum atomic E-state index is -0.0648. The fourth-order valence-electron chi connectivity index (χ4n) is 4.76. The summed E-state index contributed by atoms with van der Waals surface area (Å²) in [5.41, 5.74) is 3.13. The smallest absolute Gasteiger partial charge is 0.254 e. The first-order chi connectivity index (χ1) is 14.1. The van der Waals surface area contributed by atoms with E-state index in [1.165, 1.54) is 5.56 Å². The Hall–Kier alpha value is -2.62. The Kier molecular flexibility index (Phi) is 5.98. The first-order valence-electron chi connectivity index (χ1n) is 10.8. The average molecular weight is 391 g/mol. The van der Waals surface area contributed by atoms with Gasteiger partial charge >= 0.3 is 0 Å². The van der Waals surface area contributed by atoms with E-state index in [1.54, 1.807) is 0 Å². The first kappa shape index (κ1) is 19.7. The van der Waals surface area contributed by atoms with Crippen molar-refractivity contribution in [1.29, 1.82) is 0 Å². The molecule has 2 aromatic rings. The van der Waals surface area contributed by atoms with Gasteiger partial charge in [0.25, 0.3) is 5.91 Å². The third-order valence-electron chi connectivity index (χ3n) is 6.51. The molecule has 2 amide bonds. The van der Waals surface area contributed by atoms with Gasteiger partial charge in [0.2, 0.25) is 5.91 Å². The molecule has 29 heavy (non-hydrogen) atoms. The van der Waals surface area contributed by atoms with Gasteiger partial charge in [-0.1, -0.05) is 48.5 Å². The molecule has 1 unspecified atom stereocenters. The normalized spacial score (nSPS) is 20.5. The first-order valence-corrected chi connectivity index (χ1v) is 10.8.